The first kappa shape index (κ1) is 19.1. The molecule has 0 fully saturated rings. The van der Waals surface area contributed by atoms with Gasteiger partial charge in [0.25, 0.3) is 5.91 Å². The molecule has 0 saturated heterocycles. The lowest BCUT2D eigenvalue weighted by Gasteiger charge is -2.19. The molecule has 0 saturated carbocycles. The van der Waals surface area contributed by atoms with E-state index in [0.29, 0.717) is 6.54 Å². The lowest BCUT2D eigenvalue weighted by atomic mass is 10.0. The fourth-order valence-corrected chi connectivity index (χ4v) is 2.46. The Bertz CT molecular complexity index is 644. The van der Waals surface area contributed by atoms with Crippen LogP contribution in [0.4, 0.5) is 0 Å². The number of aliphatic hydroxyl groups excluding tert-OH is 2. The number of benzene rings is 2. The van der Waals surface area contributed by atoms with Gasteiger partial charge in [-0.25, -0.2) is 5.48 Å². The Balaban J connectivity index is 0.00000127. The fraction of sp³-hybridized carbons (Fsp3) is 0.353. The number of aliphatic hydroxyl groups is 2. The van der Waals surface area contributed by atoms with E-state index in [1.807, 2.05) is 37.3 Å². The third-order valence-corrected chi connectivity index (χ3v) is 3.53. The number of carbonyl (C=O) groups excluding carboxylic acids is 1. The molecule has 6 heteroatoms. The molecule has 5 N–H and O–H groups in total. The maximum atomic E-state index is 11.5. The van der Waals surface area contributed by atoms with Gasteiger partial charge in [-0.1, -0.05) is 30.3 Å². The van der Waals surface area contributed by atoms with Crippen molar-refractivity contribution in [2.45, 2.75) is 32.5 Å². The zero-order valence-corrected chi connectivity index (χ0v) is 13.6. The molecule has 0 aliphatic carbocycles. The van der Waals surface area contributed by atoms with Gasteiger partial charge in [0, 0.05) is 13.7 Å². The summed E-state index contributed by atoms with van der Waals surface area (Å²) >= 11 is 0. The summed E-state index contributed by atoms with van der Waals surface area (Å²) in [6.45, 7) is 3.96. The number of rotatable bonds is 5. The Labute approximate surface area is 135 Å². The first-order chi connectivity index (χ1) is 11.0. The van der Waals surface area contributed by atoms with Crippen molar-refractivity contribution in [1.82, 2.24) is 10.8 Å². The van der Waals surface area contributed by atoms with Gasteiger partial charge in [-0.05, 0) is 41.8 Å². The Morgan fingerprint density at radius 3 is 2.48 bits per heavy atom. The molecule has 0 heterocycles. The van der Waals surface area contributed by atoms with E-state index in [0.717, 1.165) is 23.6 Å². The zero-order chi connectivity index (χ0) is 17.4. The summed E-state index contributed by atoms with van der Waals surface area (Å²) < 4.78 is 0. The summed E-state index contributed by atoms with van der Waals surface area (Å²) in [5.74, 6) is -0.650. The molecular formula is C17H24N2O4. The normalized spacial score (nSPS) is 13.0. The SMILES string of the molecule is CO.Cc1cc(CN[C@H](C(=O)NO)[C@@H](C)O)cc2ccccc12. The average molecular weight is 320 g/mol. The van der Waals surface area contributed by atoms with Gasteiger partial charge in [-0.2, -0.15) is 0 Å². The summed E-state index contributed by atoms with van der Waals surface area (Å²) in [6, 6.07) is 11.3. The molecule has 0 radical (unpaired) electrons. The van der Waals surface area contributed by atoms with Crippen LogP contribution < -0.4 is 10.8 Å². The Kier molecular flexibility index (Phi) is 7.64. The molecule has 0 spiro atoms. The second-order valence-corrected chi connectivity index (χ2v) is 5.21. The molecule has 2 aromatic rings. The molecule has 0 aliphatic heterocycles. The molecule has 2 rings (SSSR count). The van der Waals surface area contributed by atoms with Gasteiger partial charge in [0.15, 0.2) is 0 Å². The van der Waals surface area contributed by atoms with Gasteiger partial charge in [0.1, 0.15) is 6.04 Å². The number of hydrogen-bond donors (Lipinski definition) is 5. The minimum Gasteiger partial charge on any atom is -0.400 e. The van der Waals surface area contributed by atoms with Crippen LogP contribution in [0.1, 0.15) is 18.1 Å². The van der Waals surface area contributed by atoms with Crippen LogP contribution in [0.3, 0.4) is 0 Å². The van der Waals surface area contributed by atoms with Crippen molar-refractivity contribution in [3.63, 3.8) is 0 Å². The third-order valence-electron chi connectivity index (χ3n) is 3.53. The van der Waals surface area contributed by atoms with Crippen molar-refractivity contribution >= 4 is 16.7 Å². The van der Waals surface area contributed by atoms with Crippen molar-refractivity contribution in [1.29, 1.82) is 0 Å². The lowest BCUT2D eigenvalue weighted by Crippen LogP contribution is -2.49. The van der Waals surface area contributed by atoms with Gasteiger partial charge in [-0.3, -0.25) is 15.3 Å². The molecule has 0 aromatic heterocycles. The summed E-state index contributed by atoms with van der Waals surface area (Å²) in [6.07, 6.45) is -0.904. The number of nitrogens with one attached hydrogen (secondary N) is 2. The predicted octanol–water partition coefficient (Wildman–Crippen LogP) is 1.10. The highest BCUT2D eigenvalue weighted by Gasteiger charge is 2.22. The van der Waals surface area contributed by atoms with E-state index in [4.69, 9.17) is 10.3 Å². The summed E-state index contributed by atoms with van der Waals surface area (Å²) in [4.78, 5) is 11.5. The van der Waals surface area contributed by atoms with E-state index < -0.39 is 18.1 Å². The highest BCUT2D eigenvalue weighted by molar-refractivity contribution is 5.86. The Hall–Kier alpha value is -1.99. The highest BCUT2D eigenvalue weighted by atomic mass is 16.5. The molecule has 23 heavy (non-hydrogen) atoms. The topological polar surface area (TPSA) is 102 Å². The monoisotopic (exact) mass is 320 g/mol. The minimum absolute atomic E-state index is 0.425. The summed E-state index contributed by atoms with van der Waals surface area (Å²) in [7, 11) is 1.00. The van der Waals surface area contributed by atoms with Crippen molar-refractivity contribution in [3.05, 3.63) is 47.5 Å². The molecule has 2 aromatic carbocycles. The number of fused-ring (bicyclic) bond motifs is 1. The summed E-state index contributed by atoms with van der Waals surface area (Å²) in [5.41, 5.74) is 3.74. The maximum Gasteiger partial charge on any atom is 0.263 e. The average Bonchev–Trinajstić information content (AvgIpc) is 2.56. The second-order valence-electron chi connectivity index (χ2n) is 5.21. The van der Waals surface area contributed by atoms with E-state index >= 15 is 0 Å². The van der Waals surface area contributed by atoms with Crippen LogP contribution in [0.2, 0.25) is 0 Å². The van der Waals surface area contributed by atoms with Gasteiger partial charge in [-0.15, -0.1) is 0 Å². The van der Waals surface area contributed by atoms with Crippen LogP contribution in [0.25, 0.3) is 10.8 Å². The van der Waals surface area contributed by atoms with Crippen molar-refractivity contribution in [2.24, 2.45) is 0 Å². The van der Waals surface area contributed by atoms with Gasteiger partial charge >= 0.3 is 0 Å². The Morgan fingerprint density at radius 1 is 1.22 bits per heavy atom. The van der Waals surface area contributed by atoms with Crippen LogP contribution >= 0.6 is 0 Å². The largest absolute Gasteiger partial charge is 0.400 e. The molecule has 0 unspecified atom stereocenters. The van der Waals surface area contributed by atoms with Crippen LogP contribution in [0.5, 0.6) is 0 Å². The van der Waals surface area contributed by atoms with Crippen LogP contribution in [-0.2, 0) is 11.3 Å². The molecule has 2 atom stereocenters. The first-order valence-corrected chi connectivity index (χ1v) is 7.31. The van der Waals surface area contributed by atoms with Crippen molar-refractivity contribution in [3.8, 4) is 0 Å². The number of hydroxylamine groups is 1. The quantitative estimate of drug-likeness (QED) is 0.419. The predicted molar refractivity (Wildman–Crippen MR) is 89.1 cm³/mol. The van der Waals surface area contributed by atoms with E-state index in [2.05, 4.69) is 11.4 Å². The number of amides is 1. The second kappa shape index (κ2) is 9.22. The number of hydrogen-bond acceptors (Lipinski definition) is 5. The first-order valence-electron chi connectivity index (χ1n) is 7.31. The third kappa shape index (κ3) is 5.01. The van der Waals surface area contributed by atoms with Crippen LogP contribution in [-0.4, -0.2) is 40.6 Å². The minimum atomic E-state index is -0.904. The zero-order valence-electron chi connectivity index (χ0n) is 13.6. The number of aryl methyl sites for hydroxylation is 1. The van der Waals surface area contributed by atoms with E-state index in [9.17, 15) is 9.90 Å². The lowest BCUT2D eigenvalue weighted by molar-refractivity contribution is -0.133. The molecular weight excluding hydrogens is 296 g/mol. The standard InChI is InChI=1S/C16H20N2O3.CH4O/c1-10-7-12(8-13-5-3-4-6-14(10)13)9-17-15(11(2)19)16(20)18-21;1-2/h3-8,11,15,17,19,21H,9H2,1-2H3,(H,18,20);2H,1H3/t11-,15+;/m1./s1. The molecule has 0 aliphatic rings. The van der Waals surface area contributed by atoms with Crippen LogP contribution in [0.15, 0.2) is 36.4 Å². The van der Waals surface area contributed by atoms with E-state index in [-0.39, 0.29) is 0 Å². The maximum absolute atomic E-state index is 11.5. The van der Waals surface area contributed by atoms with Crippen molar-refractivity contribution < 1.29 is 20.2 Å². The highest BCUT2D eigenvalue weighted by Crippen LogP contribution is 2.20. The Morgan fingerprint density at radius 2 is 1.87 bits per heavy atom. The van der Waals surface area contributed by atoms with Gasteiger partial charge in [0.2, 0.25) is 0 Å². The van der Waals surface area contributed by atoms with Gasteiger partial charge in [0.05, 0.1) is 6.10 Å². The molecule has 0 bridgehead atoms. The van der Waals surface area contributed by atoms with Crippen molar-refractivity contribution in [2.75, 3.05) is 7.11 Å². The fourth-order valence-electron chi connectivity index (χ4n) is 2.46. The molecule has 1 amide bonds. The summed E-state index contributed by atoms with van der Waals surface area (Å²) in [5, 5.41) is 30.6. The van der Waals surface area contributed by atoms with Gasteiger partial charge < -0.3 is 10.2 Å². The number of carbonyl (C=O) groups is 1. The molecule has 6 nitrogen and oxygen atoms in total. The smallest absolute Gasteiger partial charge is 0.263 e. The van der Waals surface area contributed by atoms with E-state index in [1.165, 1.54) is 12.3 Å². The molecule has 126 valence electrons. The van der Waals surface area contributed by atoms with Crippen LogP contribution in [0, 0.1) is 6.92 Å². The van der Waals surface area contributed by atoms with E-state index in [1.54, 1.807) is 5.48 Å².